The van der Waals surface area contributed by atoms with Crippen molar-refractivity contribution in [3.63, 3.8) is 0 Å². The summed E-state index contributed by atoms with van der Waals surface area (Å²) in [4.78, 5) is 18.7. The minimum Gasteiger partial charge on any atom is -0.351 e. The lowest BCUT2D eigenvalue weighted by Crippen LogP contribution is -2.19. The predicted molar refractivity (Wildman–Crippen MR) is 69.6 cm³/mol. The normalized spacial score (nSPS) is 10.9. The number of carbonyl (C=O) groups is 1. The predicted octanol–water partition coefficient (Wildman–Crippen LogP) is 3.14. The summed E-state index contributed by atoms with van der Waals surface area (Å²) in [6, 6.07) is 0. The molecule has 3 nitrogen and oxygen atoms in total. The number of Topliss-reactive ketones (excluding diaryl/α,β-unsaturated/α-hetero) is 1. The standard InChI is InChI=1S/C12H20N2OS/c1-8(2)6-7-14(5)12-13-9(3)11(16-12)10(4)15/h8H,6-7H2,1-5H3. The van der Waals surface area contributed by atoms with E-state index in [2.05, 4.69) is 23.7 Å². The number of aromatic nitrogens is 1. The lowest BCUT2D eigenvalue weighted by atomic mass is 10.1. The molecule has 0 N–H and O–H groups in total. The van der Waals surface area contributed by atoms with E-state index in [4.69, 9.17) is 0 Å². The van der Waals surface area contributed by atoms with Gasteiger partial charge in [-0.25, -0.2) is 4.98 Å². The van der Waals surface area contributed by atoms with E-state index in [1.807, 2.05) is 14.0 Å². The Bertz CT molecular complexity index is 371. The summed E-state index contributed by atoms with van der Waals surface area (Å²) in [5.74, 6) is 0.800. The van der Waals surface area contributed by atoms with Crippen LogP contribution in [0.1, 0.15) is 42.6 Å². The van der Waals surface area contributed by atoms with Crippen LogP contribution < -0.4 is 4.90 Å². The zero-order valence-electron chi connectivity index (χ0n) is 10.7. The molecular weight excluding hydrogens is 220 g/mol. The molecule has 90 valence electrons. The molecule has 16 heavy (non-hydrogen) atoms. The number of hydrogen-bond acceptors (Lipinski definition) is 4. The second-order valence-corrected chi connectivity index (χ2v) is 5.55. The Balaban J connectivity index is 2.73. The fraction of sp³-hybridized carbons (Fsp3) is 0.667. The highest BCUT2D eigenvalue weighted by Crippen LogP contribution is 2.25. The number of anilines is 1. The van der Waals surface area contributed by atoms with E-state index in [0.717, 1.165) is 28.7 Å². The van der Waals surface area contributed by atoms with E-state index >= 15 is 0 Å². The van der Waals surface area contributed by atoms with Crippen molar-refractivity contribution < 1.29 is 4.79 Å². The van der Waals surface area contributed by atoms with Gasteiger partial charge >= 0.3 is 0 Å². The number of rotatable bonds is 5. The van der Waals surface area contributed by atoms with Crippen LogP contribution >= 0.6 is 11.3 Å². The Kier molecular flexibility index (Phi) is 4.47. The molecular formula is C12H20N2OS. The van der Waals surface area contributed by atoms with E-state index < -0.39 is 0 Å². The van der Waals surface area contributed by atoms with Gasteiger partial charge in [-0.2, -0.15) is 0 Å². The molecule has 0 amide bonds. The number of thiazole rings is 1. The molecule has 0 aliphatic carbocycles. The fourth-order valence-electron chi connectivity index (χ4n) is 1.42. The number of ketones is 1. The largest absolute Gasteiger partial charge is 0.351 e. The van der Waals surface area contributed by atoms with Crippen molar-refractivity contribution >= 4 is 22.3 Å². The van der Waals surface area contributed by atoms with Crippen LogP contribution in [-0.2, 0) is 0 Å². The molecule has 0 aromatic carbocycles. The van der Waals surface area contributed by atoms with Gasteiger partial charge in [0.15, 0.2) is 10.9 Å². The first-order valence-electron chi connectivity index (χ1n) is 5.61. The molecule has 1 aromatic heterocycles. The van der Waals surface area contributed by atoms with Crippen LogP contribution in [0.2, 0.25) is 0 Å². The molecule has 4 heteroatoms. The Morgan fingerprint density at radius 2 is 2.12 bits per heavy atom. The van der Waals surface area contributed by atoms with E-state index in [0.29, 0.717) is 5.92 Å². The smallest absolute Gasteiger partial charge is 0.185 e. The van der Waals surface area contributed by atoms with Crippen molar-refractivity contribution in [1.82, 2.24) is 4.98 Å². The summed E-state index contributed by atoms with van der Waals surface area (Å²) in [6.07, 6.45) is 1.14. The molecule has 0 radical (unpaired) electrons. The van der Waals surface area contributed by atoms with E-state index in [1.165, 1.54) is 11.3 Å². The Morgan fingerprint density at radius 1 is 1.50 bits per heavy atom. The Morgan fingerprint density at radius 3 is 2.56 bits per heavy atom. The monoisotopic (exact) mass is 240 g/mol. The second-order valence-electron chi connectivity index (χ2n) is 4.57. The lowest BCUT2D eigenvalue weighted by molar-refractivity contribution is 0.102. The van der Waals surface area contributed by atoms with Crippen molar-refractivity contribution in [3.8, 4) is 0 Å². The van der Waals surface area contributed by atoms with Crippen LogP contribution in [0.4, 0.5) is 5.13 Å². The first-order chi connectivity index (χ1) is 7.41. The average Bonchev–Trinajstić information content (AvgIpc) is 2.56. The van der Waals surface area contributed by atoms with Gasteiger partial charge in [0.05, 0.1) is 10.6 Å². The highest BCUT2D eigenvalue weighted by atomic mass is 32.1. The number of aryl methyl sites for hydroxylation is 1. The first-order valence-corrected chi connectivity index (χ1v) is 6.43. The molecule has 0 spiro atoms. The molecule has 1 aromatic rings. The van der Waals surface area contributed by atoms with Gasteiger partial charge in [0.25, 0.3) is 0 Å². The molecule has 0 bridgehead atoms. The molecule has 0 aliphatic heterocycles. The van der Waals surface area contributed by atoms with Gasteiger partial charge in [-0.1, -0.05) is 25.2 Å². The highest BCUT2D eigenvalue weighted by molar-refractivity contribution is 7.17. The molecule has 0 saturated heterocycles. The van der Waals surface area contributed by atoms with Crippen LogP contribution in [0, 0.1) is 12.8 Å². The highest BCUT2D eigenvalue weighted by Gasteiger charge is 2.14. The van der Waals surface area contributed by atoms with Gasteiger partial charge in [-0.3, -0.25) is 4.79 Å². The van der Waals surface area contributed by atoms with Crippen molar-refractivity contribution in [1.29, 1.82) is 0 Å². The topological polar surface area (TPSA) is 33.2 Å². The third kappa shape index (κ3) is 3.30. The van der Waals surface area contributed by atoms with Crippen molar-refractivity contribution in [2.24, 2.45) is 5.92 Å². The summed E-state index contributed by atoms with van der Waals surface area (Å²) in [7, 11) is 2.03. The summed E-state index contributed by atoms with van der Waals surface area (Å²) in [6.45, 7) is 8.90. The van der Waals surface area contributed by atoms with Crippen molar-refractivity contribution in [2.75, 3.05) is 18.5 Å². The maximum Gasteiger partial charge on any atom is 0.185 e. The summed E-state index contributed by atoms with van der Waals surface area (Å²) in [5, 5.41) is 0.948. The zero-order valence-corrected chi connectivity index (χ0v) is 11.5. The number of hydrogen-bond donors (Lipinski definition) is 0. The van der Waals surface area contributed by atoms with Crippen LogP contribution in [0.3, 0.4) is 0 Å². The Labute approximate surface area is 101 Å². The van der Waals surface area contributed by atoms with Gasteiger partial charge in [0, 0.05) is 20.5 Å². The summed E-state index contributed by atoms with van der Waals surface area (Å²) < 4.78 is 0. The van der Waals surface area contributed by atoms with Crippen LogP contribution in [0.5, 0.6) is 0 Å². The molecule has 1 heterocycles. The van der Waals surface area contributed by atoms with Crippen molar-refractivity contribution in [3.05, 3.63) is 10.6 Å². The minimum atomic E-state index is 0.110. The van der Waals surface area contributed by atoms with E-state index in [-0.39, 0.29) is 5.78 Å². The van der Waals surface area contributed by atoms with Gasteiger partial charge in [0.1, 0.15) is 0 Å². The Hall–Kier alpha value is -0.900. The van der Waals surface area contributed by atoms with Crippen LogP contribution in [0.15, 0.2) is 0 Å². The van der Waals surface area contributed by atoms with E-state index in [9.17, 15) is 4.79 Å². The first kappa shape index (κ1) is 13.2. The molecule has 0 saturated carbocycles. The SMILES string of the molecule is CC(=O)c1sc(N(C)CCC(C)C)nc1C. The third-order valence-electron chi connectivity index (χ3n) is 2.47. The fourth-order valence-corrected chi connectivity index (χ4v) is 2.37. The molecule has 0 aliphatic rings. The summed E-state index contributed by atoms with van der Waals surface area (Å²) >= 11 is 1.49. The molecule has 0 fully saturated rings. The average molecular weight is 240 g/mol. The lowest BCUT2D eigenvalue weighted by Gasteiger charge is -2.16. The van der Waals surface area contributed by atoms with Gasteiger partial charge in [-0.05, 0) is 19.3 Å². The molecule has 0 atom stereocenters. The zero-order chi connectivity index (χ0) is 12.3. The maximum atomic E-state index is 11.3. The van der Waals surface area contributed by atoms with Gasteiger partial charge in [0.2, 0.25) is 0 Å². The van der Waals surface area contributed by atoms with Gasteiger partial charge in [-0.15, -0.1) is 0 Å². The van der Waals surface area contributed by atoms with E-state index in [1.54, 1.807) is 6.92 Å². The number of carbonyl (C=O) groups excluding carboxylic acids is 1. The molecule has 1 rings (SSSR count). The molecule has 0 unspecified atom stereocenters. The maximum absolute atomic E-state index is 11.3. The third-order valence-corrected chi connectivity index (χ3v) is 3.85. The minimum absolute atomic E-state index is 0.110. The quantitative estimate of drug-likeness (QED) is 0.741. The van der Waals surface area contributed by atoms with Gasteiger partial charge < -0.3 is 4.90 Å². The van der Waals surface area contributed by atoms with Crippen LogP contribution in [-0.4, -0.2) is 24.4 Å². The van der Waals surface area contributed by atoms with Crippen LogP contribution in [0.25, 0.3) is 0 Å². The van der Waals surface area contributed by atoms with Crippen molar-refractivity contribution in [2.45, 2.75) is 34.1 Å². The second kappa shape index (κ2) is 5.43. The number of nitrogens with zero attached hydrogens (tertiary/aromatic N) is 2. The summed E-state index contributed by atoms with van der Waals surface area (Å²) in [5.41, 5.74) is 0.851.